The first-order chi connectivity index (χ1) is 9.44. The Morgan fingerprint density at radius 3 is 2.10 bits per heavy atom. The number of halogens is 2. The maximum Gasteiger partial charge on any atom is 0.0453 e. The summed E-state index contributed by atoms with van der Waals surface area (Å²) in [5.74, 6) is 0.672. The SMILES string of the molecule is CCC(CC)(CNCC(C)C)Cc1c(Cl)cccc1Cl. The smallest absolute Gasteiger partial charge is 0.0453 e. The van der Waals surface area contributed by atoms with E-state index in [4.69, 9.17) is 23.2 Å². The third kappa shape index (κ3) is 4.95. The van der Waals surface area contributed by atoms with Gasteiger partial charge in [-0.25, -0.2) is 0 Å². The minimum absolute atomic E-state index is 0.226. The maximum absolute atomic E-state index is 6.33. The van der Waals surface area contributed by atoms with Gasteiger partial charge < -0.3 is 5.32 Å². The van der Waals surface area contributed by atoms with Crippen LogP contribution in [-0.2, 0) is 6.42 Å². The largest absolute Gasteiger partial charge is 0.316 e. The average molecular weight is 316 g/mol. The summed E-state index contributed by atoms with van der Waals surface area (Å²) in [5.41, 5.74) is 1.31. The van der Waals surface area contributed by atoms with Crippen LogP contribution in [0.3, 0.4) is 0 Å². The van der Waals surface area contributed by atoms with Crippen molar-refractivity contribution in [1.29, 1.82) is 0 Å². The molecule has 0 aliphatic carbocycles. The second-order valence-corrected chi connectivity index (χ2v) is 6.92. The zero-order chi connectivity index (χ0) is 15.2. The Labute approximate surface area is 134 Å². The number of rotatable bonds is 8. The molecule has 0 aliphatic heterocycles. The molecule has 0 saturated carbocycles. The van der Waals surface area contributed by atoms with E-state index in [0.29, 0.717) is 5.92 Å². The van der Waals surface area contributed by atoms with Crippen molar-refractivity contribution in [1.82, 2.24) is 5.32 Å². The topological polar surface area (TPSA) is 12.0 Å². The summed E-state index contributed by atoms with van der Waals surface area (Å²) >= 11 is 12.7. The fraction of sp³-hybridized carbons (Fsp3) is 0.647. The van der Waals surface area contributed by atoms with E-state index in [-0.39, 0.29) is 5.41 Å². The Kier molecular flexibility index (Phi) is 7.36. The first kappa shape index (κ1) is 17.8. The number of benzene rings is 1. The third-order valence-electron chi connectivity index (χ3n) is 4.17. The summed E-state index contributed by atoms with van der Waals surface area (Å²) in [6.07, 6.45) is 3.18. The van der Waals surface area contributed by atoms with Gasteiger partial charge in [0, 0.05) is 16.6 Å². The van der Waals surface area contributed by atoms with Crippen LogP contribution in [0.15, 0.2) is 18.2 Å². The zero-order valence-electron chi connectivity index (χ0n) is 13.1. The lowest BCUT2D eigenvalue weighted by Crippen LogP contribution is -2.37. The van der Waals surface area contributed by atoms with Gasteiger partial charge in [0.1, 0.15) is 0 Å². The van der Waals surface area contributed by atoms with Gasteiger partial charge in [0.2, 0.25) is 0 Å². The first-order valence-corrected chi connectivity index (χ1v) is 8.33. The van der Waals surface area contributed by atoms with Crippen LogP contribution in [0.25, 0.3) is 0 Å². The minimum Gasteiger partial charge on any atom is -0.316 e. The number of hydrogen-bond donors (Lipinski definition) is 1. The molecule has 0 amide bonds. The molecule has 0 unspecified atom stereocenters. The van der Waals surface area contributed by atoms with Gasteiger partial charge in [0.25, 0.3) is 0 Å². The molecule has 0 aliphatic rings. The summed E-state index contributed by atoms with van der Waals surface area (Å²) in [4.78, 5) is 0. The van der Waals surface area contributed by atoms with Crippen molar-refractivity contribution in [3.05, 3.63) is 33.8 Å². The monoisotopic (exact) mass is 315 g/mol. The molecule has 0 atom stereocenters. The molecule has 1 aromatic rings. The van der Waals surface area contributed by atoms with Crippen molar-refractivity contribution >= 4 is 23.2 Å². The van der Waals surface area contributed by atoms with Gasteiger partial charge in [-0.2, -0.15) is 0 Å². The van der Waals surface area contributed by atoms with Gasteiger partial charge in [-0.1, -0.05) is 57.0 Å². The summed E-state index contributed by atoms with van der Waals surface area (Å²) < 4.78 is 0. The molecular formula is C17H27Cl2N. The van der Waals surface area contributed by atoms with Crippen molar-refractivity contribution in [2.75, 3.05) is 13.1 Å². The van der Waals surface area contributed by atoms with Gasteiger partial charge >= 0.3 is 0 Å². The van der Waals surface area contributed by atoms with Crippen LogP contribution in [0.5, 0.6) is 0 Å². The Bertz CT molecular complexity index is 391. The van der Waals surface area contributed by atoms with Crippen LogP contribution in [0.1, 0.15) is 46.1 Å². The molecule has 1 rings (SSSR count). The molecule has 1 N–H and O–H groups in total. The molecule has 0 saturated heterocycles. The molecule has 0 aromatic heterocycles. The molecular weight excluding hydrogens is 289 g/mol. The lowest BCUT2D eigenvalue weighted by atomic mass is 9.76. The fourth-order valence-corrected chi connectivity index (χ4v) is 3.05. The van der Waals surface area contributed by atoms with Crippen LogP contribution in [-0.4, -0.2) is 13.1 Å². The van der Waals surface area contributed by atoms with Crippen molar-refractivity contribution in [2.45, 2.75) is 47.0 Å². The van der Waals surface area contributed by atoms with Crippen LogP contribution in [0, 0.1) is 11.3 Å². The highest BCUT2D eigenvalue weighted by Crippen LogP contribution is 2.36. The highest BCUT2D eigenvalue weighted by Gasteiger charge is 2.28. The van der Waals surface area contributed by atoms with Crippen LogP contribution >= 0.6 is 23.2 Å². The van der Waals surface area contributed by atoms with Gasteiger partial charge in [0.15, 0.2) is 0 Å². The number of hydrogen-bond acceptors (Lipinski definition) is 1. The van der Waals surface area contributed by atoms with Crippen LogP contribution < -0.4 is 5.32 Å². The number of nitrogens with one attached hydrogen (secondary N) is 1. The van der Waals surface area contributed by atoms with E-state index in [0.717, 1.165) is 48.0 Å². The molecule has 0 fully saturated rings. The van der Waals surface area contributed by atoms with E-state index in [9.17, 15) is 0 Å². The first-order valence-electron chi connectivity index (χ1n) is 7.57. The van der Waals surface area contributed by atoms with E-state index in [1.807, 2.05) is 18.2 Å². The average Bonchev–Trinajstić information content (AvgIpc) is 2.41. The molecule has 1 nitrogen and oxygen atoms in total. The van der Waals surface area contributed by atoms with Gasteiger partial charge in [0.05, 0.1) is 0 Å². The lowest BCUT2D eigenvalue weighted by molar-refractivity contribution is 0.243. The highest BCUT2D eigenvalue weighted by molar-refractivity contribution is 6.36. The Hall–Kier alpha value is -0.240. The maximum atomic E-state index is 6.33. The summed E-state index contributed by atoms with van der Waals surface area (Å²) in [6, 6.07) is 5.77. The quantitative estimate of drug-likeness (QED) is 0.659. The summed E-state index contributed by atoms with van der Waals surface area (Å²) in [6.45, 7) is 11.0. The molecule has 0 radical (unpaired) electrons. The van der Waals surface area contributed by atoms with E-state index >= 15 is 0 Å². The summed E-state index contributed by atoms with van der Waals surface area (Å²) in [7, 11) is 0. The Balaban J connectivity index is 2.85. The van der Waals surface area contributed by atoms with Crippen LogP contribution in [0.2, 0.25) is 10.0 Å². The molecule has 1 aromatic carbocycles. The molecule has 114 valence electrons. The fourth-order valence-electron chi connectivity index (χ4n) is 2.51. The molecule has 0 spiro atoms. The highest BCUT2D eigenvalue weighted by atomic mass is 35.5. The van der Waals surface area contributed by atoms with Crippen molar-refractivity contribution in [3.8, 4) is 0 Å². The van der Waals surface area contributed by atoms with E-state index in [2.05, 4.69) is 33.0 Å². The molecule has 0 bridgehead atoms. The predicted molar refractivity (Wildman–Crippen MR) is 90.9 cm³/mol. The molecule has 20 heavy (non-hydrogen) atoms. The van der Waals surface area contributed by atoms with Gasteiger partial charge in [-0.3, -0.25) is 0 Å². The molecule has 0 heterocycles. The van der Waals surface area contributed by atoms with Crippen molar-refractivity contribution in [3.63, 3.8) is 0 Å². The van der Waals surface area contributed by atoms with E-state index < -0.39 is 0 Å². The standard InChI is InChI=1S/C17H27Cl2N/c1-5-17(6-2,12-20-11-13(3)4)10-14-15(18)8-7-9-16(14)19/h7-9,13,20H,5-6,10-12H2,1-4H3. The second-order valence-electron chi connectivity index (χ2n) is 6.11. The van der Waals surface area contributed by atoms with Gasteiger partial charge in [-0.05, 0) is 54.8 Å². The Morgan fingerprint density at radius 2 is 1.65 bits per heavy atom. The summed E-state index contributed by atoms with van der Waals surface area (Å²) in [5, 5.41) is 5.17. The van der Waals surface area contributed by atoms with Crippen molar-refractivity contribution < 1.29 is 0 Å². The minimum atomic E-state index is 0.226. The predicted octanol–water partition coefficient (Wildman–Crippen LogP) is 5.59. The lowest BCUT2D eigenvalue weighted by Gasteiger charge is -2.33. The Morgan fingerprint density at radius 1 is 1.10 bits per heavy atom. The van der Waals surface area contributed by atoms with Crippen LogP contribution in [0.4, 0.5) is 0 Å². The molecule has 3 heteroatoms. The van der Waals surface area contributed by atoms with Gasteiger partial charge in [-0.15, -0.1) is 0 Å². The van der Waals surface area contributed by atoms with E-state index in [1.165, 1.54) is 0 Å². The normalized spacial score (nSPS) is 12.2. The van der Waals surface area contributed by atoms with E-state index in [1.54, 1.807) is 0 Å². The third-order valence-corrected chi connectivity index (χ3v) is 4.87. The zero-order valence-corrected chi connectivity index (χ0v) is 14.6. The van der Waals surface area contributed by atoms with Crippen molar-refractivity contribution in [2.24, 2.45) is 11.3 Å². The second kappa shape index (κ2) is 8.26.